The summed E-state index contributed by atoms with van der Waals surface area (Å²) in [6.07, 6.45) is 1.74. The number of pyridine rings is 1. The molecule has 0 spiro atoms. The third kappa shape index (κ3) is 1.13. The summed E-state index contributed by atoms with van der Waals surface area (Å²) in [7, 11) is 0. The van der Waals surface area contributed by atoms with Gasteiger partial charge in [-0.3, -0.25) is 0 Å². The highest BCUT2D eigenvalue weighted by atomic mass is 32.1. The molecule has 2 rings (SSSR count). The van der Waals surface area contributed by atoms with E-state index in [9.17, 15) is 0 Å². The molecule has 0 aliphatic heterocycles. The molecule has 0 unspecified atom stereocenters. The van der Waals surface area contributed by atoms with Gasteiger partial charge in [-0.1, -0.05) is 0 Å². The second-order valence-electron chi connectivity index (χ2n) is 2.52. The summed E-state index contributed by atoms with van der Waals surface area (Å²) in [6.45, 7) is 0.495. The van der Waals surface area contributed by atoms with Gasteiger partial charge in [0.1, 0.15) is 0 Å². The minimum absolute atomic E-state index is 0.495. The maximum absolute atomic E-state index is 5.46. The topological polar surface area (TPSA) is 70.5 Å². The van der Waals surface area contributed by atoms with Crippen LogP contribution in [0.2, 0.25) is 0 Å². The fraction of sp³-hybridized carbons (Fsp3) is 0.143. The van der Waals surface area contributed by atoms with Gasteiger partial charge >= 0.3 is 0 Å². The lowest BCUT2D eigenvalue weighted by atomic mass is 10.3. The quantitative estimate of drug-likeness (QED) is 0.575. The molecule has 0 bridgehead atoms. The van der Waals surface area contributed by atoms with Crippen molar-refractivity contribution in [3.8, 4) is 0 Å². The number of H-pyrrole nitrogens is 2. The van der Waals surface area contributed by atoms with Crippen molar-refractivity contribution in [2.75, 3.05) is 0 Å². The van der Waals surface area contributed by atoms with Gasteiger partial charge in [-0.25, -0.2) is 4.98 Å². The van der Waals surface area contributed by atoms with Gasteiger partial charge in [0.2, 0.25) is 0 Å². The Hall–Kier alpha value is -1.20. The van der Waals surface area contributed by atoms with Crippen LogP contribution in [-0.2, 0) is 6.54 Å². The molecule has 2 heterocycles. The van der Waals surface area contributed by atoms with Gasteiger partial charge in [0.05, 0.1) is 5.52 Å². The van der Waals surface area contributed by atoms with E-state index in [0.29, 0.717) is 11.3 Å². The molecular formula is C7H8N4S. The van der Waals surface area contributed by atoms with E-state index in [-0.39, 0.29) is 0 Å². The van der Waals surface area contributed by atoms with E-state index >= 15 is 0 Å². The average molecular weight is 180 g/mol. The summed E-state index contributed by atoms with van der Waals surface area (Å²) >= 11 is 4.91. The van der Waals surface area contributed by atoms with Crippen molar-refractivity contribution in [2.24, 2.45) is 5.73 Å². The van der Waals surface area contributed by atoms with E-state index in [4.69, 9.17) is 18.0 Å². The second kappa shape index (κ2) is 2.69. The van der Waals surface area contributed by atoms with Crippen molar-refractivity contribution < 1.29 is 0 Å². The van der Waals surface area contributed by atoms with Gasteiger partial charge in [0.15, 0.2) is 10.4 Å². The zero-order chi connectivity index (χ0) is 8.55. The highest BCUT2D eigenvalue weighted by Gasteiger charge is 1.97. The van der Waals surface area contributed by atoms with E-state index < -0.39 is 0 Å². The van der Waals surface area contributed by atoms with Crippen LogP contribution in [0.1, 0.15) is 5.56 Å². The van der Waals surface area contributed by atoms with Crippen LogP contribution >= 0.6 is 12.2 Å². The van der Waals surface area contributed by atoms with Crippen molar-refractivity contribution >= 4 is 23.4 Å². The summed E-state index contributed by atoms with van der Waals surface area (Å²) in [5.41, 5.74) is 8.13. The molecule has 0 aliphatic carbocycles. The van der Waals surface area contributed by atoms with Crippen LogP contribution in [-0.4, -0.2) is 15.0 Å². The minimum atomic E-state index is 0.495. The number of nitrogens with zero attached hydrogens (tertiary/aromatic N) is 1. The molecule has 62 valence electrons. The van der Waals surface area contributed by atoms with Gasteiger partial charge in [-0.05, 0) is 23.8 Å². The maximum Gasteiger partial charge on any atom is 0.176 e. The highest BCUT2D eigenvalue weighted by molar-refractivity contribution is 7.71. The molecule has 12 heavy (non-hydrogen) atoms. The SMILES string of the molecule is NCc1cnc2[nH]c(=S)[nH]c2c1. The average Bonchev–Trinajstić information content (AvgIpc) is 2.43. The molecule has 0 aromatic carbocycles. The molecule has 5 heteroatoms. The Kier molecular flexibility index (Phi) is 1.67. The second-order valence-corrected chi connectivity index (χ2v) is 2.93. The number of aromatic nitrogens is 3. The van der Waals surface area contributed by atoms with E-state index in [2.05, 4.69) is 15.0 Å². The van der Waals surface area contributed by atoms with Crippen molar-refractivity contribution in [1.29, 1.82) is 0 Å². The molecule has 0 radical (unpaired) electrons. The summed E-state index contributed by atoms with van der Waals surface area (Å²) in [5.74, 6) is 0. The van der Waals surface area contributed by atoms with Gasteiger partial charge < -0.3 is 15.7 Å². The van der Waals surface area contributed by atoms with Crippen LogP contribution in [0.4, 0.5) is 0 Å². The Morgan fingerprint density at radius 3 is 3.08 bits per heavy atom. The minimum Gasteiger partial charge on any atom is -0.329 e. The number of imidazole rings is 1. The number of fused-ring (bicyclic) bond motifs is 1. The van der Waals surface area contributed by atoms with Crippen LogP contribution in [0.5, 0.6) is 0 Å². The molecule has 0 fully saturated rings. The third-order valence-corrected chi connectivity index (χ3v) is 1.86. The fourth-order valence-electron chi connectivity index (χ4n) is 1.08. The summed E-state index contributed by atoms with van der Waals surface area (Å²) < 4.78 is 0.590. The van der Waals surface area contributed by atoms with Gasteiger partial charge in [0, 0.05) is 12.7 Å². The maximum atomic E-state index is 5.46. The lowest BCUT2D eigenvalue weighted by molar-refractivity contribution is 1.06. The molecular weight excluding hydrogens is 172 g/mol. The Morgan fingerprint density at radius 2 is 2.33 bits per heavy atom. The molecule has 0 aliphatic rings. The Morgan fingerprint density at radius 1 is 1.50 bits per heavy atom. The van der Waals surface area contributed by atoms with Crippen molar-refractivity contribution in [3.05, 3.63) is 22.6 Å². The van der Waals surface area contributed by atoms with Crippen LogP contribution in [0.3, 0.4) is 0 Å². The van der Waals surface area contributed by atoms with Gasteiger partial charge in [0.25, 0.3) is 0 Å². The van der Waals surface area contributed by atoms with Crippen LogP contribution in [0, 0.1) is 4.77 Å². The number of hydrogen-bond donors (Lipinski definition) is 3. The summed E-state index contributed by atoms with van der Waals surface area (Å²) in [6, 6.07) is 1.94. The smallest absolute Gasteiger partial charge is 0.176 e. The first-order valence-electron chi connectivity index (χ1n) is 3.56. The molecule has 2 aromatic rings. The number of aromatic amines is 2. The molecule has 0 saturated carbocycles. The van der Waals surface area contributed by atoms with Gasteiger partial charge in [-0.2, -0.15) is 0 Å². The first-order valence-corrected chi connectivity index (χ1v) is 3.97. The van der Waals surface area contributed by atoms with Crippen molar-refractivity contribution in [2.45, 2.75) is 6.54 Å². The van der Waals surface area contributed by atoms with Crippen LogP contribution in [0.15, 0.2) is 12.3 Å². The zero-order valence-electron chi connectivity index (χ0n) is 6.29. The molecule has 4 nitrogen and oxygen atoms in total. The molecule has 0 saturated heterocycles. The predicted octanol–water partition coefficient (Wildman–Crippen LogP) is 1.08. The van der Waals surface area contributed by atoms with Crippen LogP contribution in [0.25, 0.3) is 11.2 Å². The number of nitrogens with one attached hydrogen (secondary N) is 2. The van der Waals surface area contributed by atoms with Crippen molar-refractivity contribution in [1.82, 2.24) is 15.0 Å². The number of rotatable bonds is 1. The Balaban J connectivity index is 2.74. The van der Waals surface area contributed by atoms with Crippen LogP contribution < -0.4 is 5.73 Å². The lowest BCUT2D eigenvalue weighted by Crippen LogP contribution is -1.96. The Labute approximate surface area is 73.8 Å². The molecule has 0 amide bonds. The monoisotopic (exact) mass is 180 g/mol. The standard InChI is InChI=1S/C7H8N4S/c8-2-4-1-5-6(9-3-4)11-7(12)10-5/h1,3H,2,8H2,(H2,9,10,11,12). The molecule has 4 N–H and O–H groups in total. The normalized spacial score (nSPS) is 10.8. The predicted molar refractivity (Wildman–Crippen MR) is 49.2 cm³/mol. The summed E-state index contributed by atoms with van der Waals surface area (Å²) in [5, 5.41) is 0. The van der Waals surface area contributed by atoms with E-state index in [1.54, 1.807) is 6.20 Å². The first kappa shape index (κ1) is 7.45. The van der Waals surface area contributed by atoms with Gasteiger partial charge in [-0.15, -0.1) is 0 Å². The Bertz CT molecular complexity index is 456. The summed E-state index contributed by atoms with van der Waals surface area (Å²) in [4.78, 5) is 10.0. The highest BCUT2D eigenvalue weighted by Crippen LogP contribution is 2.08. The number of nitrogens with two attached hydrogens (primary N) is 1. The lowest BCUT2D eigenvalue weighted by Gasteiger charge is -1.93. The largest absolute Gasteiger partial charge is 0.329 e. The zero-order valence-corrected chi connectivity index (χ0v) is 7.11. The molecule has 0 atom stereocenters. The fourth-order valence-corrected chi connectivity index (χ4v) is 1.28. The first-order chi connectivity index (χ1) is 5.79. The molecule has 2 aromatic heterocycles. The third-order valence-electron chi connectivity index (χ3n) is 1.66. The van der Waals surface area contributed by atoms with E-state index in [1.807, 2.05) is 6.07 Å². The number of hydrogen-bond acceptors (Lipinski definition) is 3. The van der Waals surface area contributed by atoms with Crippen molar-refractivity contribution in [3.63, 3.8) is 0 Å². The van der Waals surface area contributed by atoms with E-state index in [0.717, 1.165) is 16.7 Å². The van der Waals surface area contributed by atoms with E-state index in [1.165, 1.54) is 0 Å².